The molecule has 2 saturated heterocycles. The molecule has 100 valence electrons. The fourth-order valence-corrected chi connectivity index (χ4v) is 3.47. The maximum absolute atomic E-state index is 5.76. The summed E-state index contributed by atoms with van der Waals surface area (Å²) in [5.41, 5.74) is 0. The monoisotopic (exact) mass is 353 g/mol. The standard InChI is InChI=1S/C12H24IN3O/c1-14-3-4-15(2)8-11(7-14)12-9-16(13)5-6-17-10-12/h11-12H,3-10H2,1-2H3. The lowest BCUT2D eigenvalue weighted by Crippen LogP contribution is -2.37. The summed E-state index contributed by atoms with van der Waals surface area (Å²) >= 11 is 2.44. The number of hydrogen-bond donors (Lipinski definition) is 0. The molecule has 2 rings (SSSR count). The highest BCUT2D eigenvalue weighted by atomic mass is 127. The lowest BCUT2D eigenvalue weighted by molar-refractivity contribution is 0.0892. The van der Waals surface area contributed by atoms with Crippen LogP contribution in [0.3, 0.4) is 0 Å². The van der Waals surface area contributed by atoms with Crippen LogP contribution in [0.25, 0.3) is 0 Å². The second-order valence-electron chi connectivity index (χ2n) is 5.49. The summed E-state index contributed by atoms with van der Waals surface area (Å²) in [6.07, 6.45) is 0. The van der Waals surface area contributed by atoms with Crippen LogP contribution in [0.4, 0.5) is 0 Å². The van der Waals surface area contributed by atoms with Gasteiger partial charge in [-0.05, 0) is 20.0 Å². The smallest absolute Gasteiger partial charge is 0.0601 e. The van der Waals surface area contributed by atoms with E-state index in [1.807, 2.05) is 0 Å². The van der Waals surface area contributed by atoms with Crippen LogP contribution in [0.1, 0.15) is 0 Å². The van der Waals surface area contributed by atoms with Crippen LogP contribution >= 0.6 is 22.9 Å². The molecule has 0 amide bonds. The molecule has 5 heteroatoms. The molecule has 0 N–H and O–H groups in total. The van der Waals surface area contributed by atoms with Crippen molar-refractivity contribution in [2.24, 2.45) is 11.8 Å². The van der Waals surface area contributed by atoms with E-state index in [0.29, 0.717) is 5.92 Å². The van der Waals surface area contributed by atoms with Crippen molar-refractivity contribution in [3.05, 3.63) is 0 Å². The average Bonchev–Trinajstić information content (AvgIpc) is 2.58. The zero-order valence-corrected chi connectivity index (χ0v) is 13.1. The highest BCUT2D eigenvalue weighted by Crippen LogP contribution is 2.22. The van der Waals surface area contributed by atoms with Gasteiger partial charge >= 0.3 is 0 Å². The Morgan fingerprint density at radius 3 is 2.24 bits per heavy atom. The summed E-state index contributed by atoms with van der Waals surface area (Å²) in [6, 6.07) is 0. The molecule has 2 aliphatic heterocycles. The Bertz CT molecular complexity index is 230. The van der Waals surface area contributed by atoms with Crippen LogP contribution in [0, 0.1) is 11.8 Å². The third kappa shape index (κ3) is 4.31. The first kappa shape index (κ1) is 14.0. The predicted octanol–water partition coefficient (Wildman–Crippen LogP) is 0.778. The van der Waals surface area contributed by atoms with Gasteiger partial charge in [-0.25, -0.2) is 3.11 Å². The molecule has 0 spiro atoms. The Labute approximate surface area is 119 Å². The van der Waals surface area contributed by atoms with Crippen molar-refractivity contribution in [3.63, 3.8) is 0 Å². The normalized spacial score (nSPS) is 32.3. The van der Waals surface area contributed by atoms with Gasteiger partial charge in [-0.1, -0.05) is 0 Å². The highest BCUT2D eigenvalue weighted by Gasteiger charge is 2.29. The van der Waals surface area contributed by atoms with E-state index in [9.17, 15) is 0 Å². The van der Waals surface area contributed by atoms with Gasteiger partial charge in [-0.3, -0.25) is 0 Å². The molecule has 2 fully saturated rings. The molecule has 17 heavy (non-hydrogen) atoms. The molecular weight excluding hydrogens is 329 g/mol. The molecule has 4 nitrogen and oxygen atoms in total. The third-order valence-electron chi connectivity index (χ3n) is 3.87. The van der Waals surface area contributed by atoms with E-state index >= 15 is 0 Å². The molecule has 0 radical (unpaired) electrons. The molecule has 0 aromatic heterocycles. The van der Waals surface area contributed by atoms with Crippen molar-refractivity contribution >= 4 is 22.9 Å². The molecule has 0 aromatic rings. The van der Waals surface area contributed by atoms with Gasteiger partial charge in [0.2, 0.25) is 0 Å². The Kier molecular flexibility index (Phi) is 5.48. The maximum atomic E-state index is 5.76. The van der Waals surface area contributed by atoms with E-state index in [2.05, 4.69) is 49.9 Å². The molecule has 1 atom stereocenters. The zero-order valence-electron chi connectivity index (χ0n) is 10.9. The second kappa shape index (κ2) is 6.65. The van der Waals surface area contributed by atoms with Crippen molar-refractivity contribution < 1.29 is 4.74 Å². The summed E-state index contributed by atoms with van der Waals surface area (Å²) in [7, 11) is 4.48. The number of rotatable bonds is 1. The summed E-state index contributed by atoms with van der Waals surface area (Å²) in [4.78, 5) is 4.94. The lowest BCUT2D eigenvalue weighted by atomic mass is 9.92. The Morgan fingerprint density at radius 1 is 0.941 bits per heavy atom. The van der Waals surface area contributed by atoms with E-state index in [1.165, 1.54) is 32.7 Å². The van der Waals surface area contributed by atoms with Crippen LogP contribution in [0.5, 0.6) is 0 Å². The van der Waals surface area contributed by atoms with Crippen molar-refractivity contribution in [1.29, 1.82) is 0 Å². The summed E-state index contributed by atoms with van der Waals surface area (Å²) < 4.78 is 8.15. The second-order valence-corrected chi connectivity index (χ2v) is 6.85. The quantitative estimate of drug-likeness (QED) is 0.512. The lowest BCUT2D eigenvalue weighted by Gasteiger charge is -2.29. The largest absolute Gasteiger partial charge is 0.380 e. The molecule has 0 bridgehead atoms. The number of halogens is 1. The first-order valence-electron chi connectivity index (χ1n) is 6.50. The molecule has 0 aromatic carbocycles. The van der Waals surface area contributed by atoms with E-state index in [1.54, 1.807) is 0 Å². The molecule has 2 heterocycles. The maximum Gasteiger partial charge on any atom is 0.0601 e. The van der Waals surface area contributed by atoms with Crippen molar-refractivity contribution in [2.45, 2.75) is 0 Å². The minimum Gasteiger partial charge on any atom is -0.380 e. The summed E-state index contributed by atoms with van der Waals surface area (Å²) in [6.45, 7) is 8.86. The predicted molar refractivity (Wildman–Crippen MR) is 78.4 cm³/mol. The molecule has 0 aliphatic carbocycles. The van der Waals surface area contributed by atoms with Gasteiger partial charge in [0, 0.05) is 68.1 Å². The van der Waals surface area contributed by atoms with E-state index in [0.717, 1.165) is 25.7 Å². The van der Waals surface area contributed by atoms with E-state index in [-0.39, 0.29) is 0 Å². The Balaban J connectivity index is 1.97. The molecule has 2 aliphatic rings. The van der Waals surface area contributed by atoms with E-state index in [4.69, 9.17) is 4.74 Å². The summed E-state index contributed by atoms with van der Waals surface area (Å²) in [5, 5.41) is 0. The van der Waals surface area contributed by atoms with Gasteiger partial charge < -0.3 is 14.5 Å². The molecular formula is C12H24IN3O. The van der Waals surface area contributed by atoms with Crippen LogP contribution in [0.15, 0.2) is 0 Å². The van der Waals surface area contributed by atoms with Crippen LogP contribution in [-0.2, 0) is 4.74 Å². The van der Waals surface area contributed by atoms with Crippen LogP contribution in [0.2, 0.25) is 0 Å². The van der Waals surface area contributed by atoms with Gasteiger partial charge in [0.1, 0.15) is 0 Å². The SMILES string of the molecule is CN1CCN(C)CC(C2COCCN(I)C2)C1. The van der Waals surface area contributed by atoms with Gasteiger partial charge in [0.25, 0.3) is 0 Å². The third-order valence-corrected chi connectivity index (χ3v) is 4.74. The average molecular weight is 353 g/mol. The number of ether oxygens (including phenoxy) is 1. The molecule has 1 unspecified atom stereocenters. The minimum absolute atomic E-state index is 0.678. The number of nitrogens with zero attached hydrogens (tertiary/aromatic N) is 3. The van der Waals surface area contributed by atoms with Crippen molar-refractivity contribution in [3.8, 4) is 0 Å². The fourth-order valence-electron chi connectivity index (χ4n) is 2.76. The Hall–Kier alpha value is 0.570. The van der Waals surface area contributed by atoms with Gasteiger partial charge in [0.05, 0.1) is 13.2 Å². The van der Waals surface area contributed by atoms with Gasteiger partial charge in [0.15, 0.2) is 0 Å². The minimum atomic E-state index is 0.678. The van der Waals surface area contributed by atoms with Crippen molar-refractivity contribution in [1.82, 2.24) is 12.9 Å². The number of hydrogen-bond acceptors (Lipinski definition) is 4. The van der Waals surface area contributed by atoms with Crippen LogP contribution < -0.4 is 0 Å². The first-order chi connectivity index (χ1) is 8.15. The Morgan fingerprint density at radius 2 is 1.59 bits per heavy atom. The first-order valence-corrected chi connectivity index (χ1v) is 7.47. The van der Waals surface area contributed by atoms with Gasteiger partial charge in [-0.2, -0.15) is 0 Å². The van der Waals surface area contributed by atoms with E-state index < -0.39 is 0 Å². The van der Waals surface area contributed by atoms with Crippen LogP contribution in [-0.4, -0.2) is 79.5 Å². The number of likely N-dealkylation sites (N-methyl/N-ethyl adjacent to an activating group) is 2. The fraction of sp³-hybridized carbons (Fsp3) is 1.00. The topological polar surface area (TPSA) is 19.0 Å². The highest BCUT2D eigenvalue weighted by molar-refractivity contribution is 14.1. The molecule has 0 saturated carbocycles. The van der Waals surface area contributed by atoms with Gasteiger partial charge in [-0.15, -0.1) is 0 Å². The zero-order chi connectivity index (χ0) is 12.3. The summed E-state index contributed by atoms with van der Waals surface area (Å²) in [5.74, 6) is 1.42. The van der Waals surface area contributed by atoms with Crippen molar-refractivity contribution in [2.75, 3.05) is 66.6 Å².